The van der Waals surface area contributed by atoms with Crippen molar-refractivity contribution < 1.29 is 0 Å². The number of aromatic nitrogens is 5. The highest BCUT2D eigenvalue weighted by Crippen LogP contribution is 2.17. The summed E-state index contributed by atoms with van der Waals surface area (Å²) in [5, 5.41) is 15.8. The van der Waals surface area contributed by atoms with Gasteiger partial charge < -0.3 is 5.32 Å². The monoisotopic (exact) mass is 234 g/mol. The number of nitrogens with one attached hydrogen (secondary N) is 1. The van der Waals surface area contributed by atoms with Crippen molar-refractivity contribution >= 4 is 11.0 Å². The van der Waals surface area contributed by atoms with Gasteiger partial charge in [-0.1, -0.05) is 5.21 Å². The van der Waals surface area contributed by atoms with Crippen LogP contribution in [-0.4, -0.2) is 37.4 Å². The average molecular weight is 234 g/mol. The van der Waals surface area contributed by atoms with E-state index in [0.29, 0.717) is 23.6 Å². The zero-order chi connectivity index (χ0) is 11.8. The van der Waals surface area contributed by atoms with Gasteiger partial charge in [0.05, 0.1) is 12.7 Å². The summed E-state index contributed by atoms with van der Waals surface area (Å²) in [5.74, 6) is 0. The minimum atomic E-state index is -0.124. The standard InChI is InChI=1S/C10H14N6O/c1-15-9-8(6-12-15)10(17)16(14-13-9)5-4-11-7-2-3-7/h6-7,11H,2-5H2,1H3. The normalized spacial score (nSPS) is 15.6. The van der Waals surface area contributed by atoms with Crippen LogP contribution in [0.15, 0.2) is 11.0 Å². The average Bonchev–Trinajstić information content (AvgIpc) is 3.06. The van der Waals surface area contributed by atoms with Gasteiger partial charge in [0, 0.05) is 19.6 Å². The first-order valence-corrected chi connectivity index (χ1v) is 5.74. The number of hydrogen-bond donors (Lipinski definition) is 1. The van der Waals surface area contributed by atoms with Crippen molar-refractivity contribution in [2.45, 2.75) is 25.4 Å². The molecule has 1 aliphatic carbocycles. The molecule has 0 aliphatic heterocycles. The van der Waals surface area contributed by atoms with Crippen LogP contribution in [0.4, 0.5) is 0 Å². The van der Waals surface area contributed by atoms with Gasteiger partial charge in [0.1, 0.15) is 5.39 Å². The second kappa shape index (κ2) is 3.92. The third-order valence-corrected chi connectivity index (χ3v) is 2.95. The molecule has 0 bridgehead atoms. The number of fused-ring (bicyclic) bond motifs is 1. The smallest absolute Gasteiger partial charge is 0.280 e. The van der Waals surface area contributed by atoms with E-state index < -0.39 is 0 Å². The first-order valence-electron chi connectivity index (χ1n) is 5.74. The highest BCUT2D eigenvalue weighted by Gasteiger charge is 2.19. The van der Waals surface area contributed by atoms with Crippen molar-refractivity contribution in [3.05, 3.63) is 16.6 Å². The topological polar surface area (TPSA) is 77.6 Å². The first-order chi connectivity index (χ1) is 8.25. The SMILES string of the molecule is Cn1ncc2c(=O)n(CCNC3CC3)nnc21. The Morgan fingerprint density at radius 3 is 3.12 bits per heavy atom. The van der Waals surface area contributed by atoms with E-state index in [1.807, 2.05) is 0 Å². The molecule has 2 heterocycles. The van der Waals surface area contributed by atoms with Crippen LogP contribution in [0, 0.1) is 0 Å². The Morgan fingerprint density at radius 2 is 2.35 bits per heavy atom. The van der Waals surface area contributed by atoms with Crippen molar-refractivity contribution in [3.63, 3.8) is 0 Å². The molecule has 3 rings (SSSR count). The molecule has 2 aromatic rings. The Bertz CT molecular complexity index is 596. The lowest BCUT2D eigenvalue weighted by Crippen LogP contribution is -2.30. The van der Waals surface area contributed by atoms with Crippen LogP contribution in [-0.2, 0) is 13.6 Å². The summed E-state index contributed by atoms with van der Waals surface area (Å²) < 4.78 is 2.94. The lowest BCUT2D eigenvalue weighted by atomic mass is 10.4. The van der Waals surface area contributed by atoms with Gasteiger partial charge in [0.2, 0.25) is 0 Å². The summed E-state index contributed by atoms with van der Waals surface area (Å²) in [6.07, 6.45) is 4.02. The van der Waals surface area contributed by atoms with Crippen LogP contribution < -0.4 is 10.9 Å². The maximum atomic E-state index is 12.0. The fourth-order valence-electron chi connectivity index (χ4n) is 1.78. The van der Waals surface area contributed by atoms with Crippen LogP contribution in [0.3, 0.4) is 0 Å². The molecule has 2 aromatic heterocycles. The molecule has 0 atom stereocenters. The molecule has 0 spiro atoms. The zero-order valence-electron chi connectivity index (χ0n) is 9.63. The summed E-state index contributed by atoms with van der Waals surface area (Å²) in [4.78, 5) is 12.0. The molecule has 0 unspecified atom stereocenters. The minimum Gasteiger partial charge on any atom is -0.312 e. The molecule has 17 heavy (non-hydrogen) atoms. The van der Waals surface area contributed by atoms with E-state index in [4.69, 9.17) is 0 Å². The molecule has 0 radical (unpaired) electrons. The van der Waals surface area contributed by atoms with E-state index in [-0.39, 0.29) is 5.56 Å². The number of aryl methyl sites for hydroxylation is 1. The number of hydrogen-bond acceptors (Lipinski definition) is 5. The second-order valence-electron chi connectivity index (χ2n) is 4.35. The Balaban J connectivity index is 1.83. The third-order valence-electron chi connectivity index (χ3n) is 2.95. The highest BCUT2D eigenvalue weighted by atomic mass is 16.1. The van der Waals surface area contributed by atoms with Gasteiger partial charge in [-0.2, -0.15) is 5.10 Å². The fourth-order valence-corrected chi connectivity index (χ4v) is 1.78. The van der Waals surface area contributed by atoms with Gasteiger partial charge in [-0.25, -0.2) is 9.36 Å². The summed E-state index contributed by atoms with van der Waals surface area (Å²) >= 11 is 0. The highest BCUT2D eigenvalue weighted by molar-refractivity contribution is 5.72. The first kappa shape index (κ1) is 10.4. The summed E-state index contributed by atoms with van der Waals surface area (Å²) in [7, 11) is 1.75. The van der Waals surface area contributed by atoms with Gasteiger partial charge in [0.25, 0.3) is 5.56 Å². The molecule has 7 heteroatoms. The molecule has 1 fully saturated rings. The van der Waals surface area contributed by atoms with Crippen LogP contribution in [0.1, 0.15) is 12.8 Å². The summed E-state index contributed by atoms with van der Waals surface area (Å²) in [6, 6.07) is 0.640. The third kappa shape index (κ3) is 1.93. The largest absolute Gasteiger partial charge is 0.312 e. The van der Waals surface area contributed by atoms with Crippen molar-refractivity contribution in [2.75, 3.05) is 6.54 Å². The molecule has 1 saturated carbocycles. The number of nitrogens with zero attached hydrogens (tertiary/aromatic N) is 5. The van der Waals surface area contributed by atoms with E-state index in [1.165, 1.54) is 23.7 Å². The van der Waals surface area contributed by atoms with Gasteiger partial charge in [-0.15, -0.1) is 5.10 Å². The Kier molecular flexibility index (Phi) is 2.40. The molecular weight excluding hydrogens is 220 g/mol. The van der Waals surface area contributed by atoms with Gasteiger partial charge in [-0.3, -0.25) is 4.79 Å². The lowest BCUT2D eigenvalue weighted by Gasteiger charge is -2.04. The summed E-state index contributed by atoms with van der Waals surface area (Å²) in [6.45, 7) is 1.30. The van der Waals surface area contributed by atoms with Crippen molar-refractivity contribution in [3.8, 4) is 0 Å². The van der Waals surface area contributed by atoms with E-state index in [0.717, 1.165) is 6.54 Å². The van der Waals surface area contributed by atoms with Crippen molar-refractivity contribution in [1.29, 1.82) is 0 Å². The van der Waals surface area contributed by atoms with Crippen molar-refractivity contribution in [2.24, 2.45) is 7.05 Å². The molecule has 1 aliphatic rings. The van der Waals surface area contributed by atoms with E-state index in [1.54, 1.807) is 11.7 Å². The van der Waals surface area contributed by atoms with Gasteiger partial charge in [0.15, 0.2) is 5.65 Å². The molecular formula is C10H14N6O. The maximum Gasteiger partial charge on any atom is 0.280 e. The Hall–Kier alpha value is -1.76. The van der Waals surface area contributed by atoms with Crippen molar-refractivity contribution in [1.82, 2.24) is 30.1 Å². The zero-order valence-corrected chi connectivity index (χ0v) is 9.63. The van der Waals surface area contributed by atoms with Crippen LogP contribution in [0.25, 0.3) is 11.0 Å². The summed E-state index contributed by atoms with van der Waals surface area (Å²) in [5.41, 5.74) is 0.405. The van der Waals surface area contributed by atoms with E-state index >= 15 is 0 Å². The second-order valence-corrected chi connectivity index (χ2v) is 4.35. The fraction of sp³-hybridized carbons (Fsp3) is 0.600. The molecule has 90 valence electrons. The Labute approximate surface area is 97.4 Å². The van der Waals surface area contributed by atoms with Crippen LogP contribution >= 0.6 is 0 Å². The van der Waals surface area contributed by atoms with Gasteiger partial charge >= 0.3 is 0 Å². The molecule has 7 nitrogen and oxygen atoms in total. The van der Waals surface area contributed by atoms with Gasteiger partial charge in [-0.05, 0) is 12.8 Å². The lowest BCUT2D eigenvalue weighted by molar-refractivity contribution is 0.510. The van der Waals surface area contributed by atoms with Crippen LogP contribution in [0.2, 0.25) is 0 Å². The molecule has 1 N–H and O–H groups in total. The Morgan fingerprint density at radius 1 is 1.53 bits per heavy atom. The van der Waals surface area contributed by atoms with E-state index in [9.17, 15) is 4.79 Å². The maximum absolute atomic E-state index is 12.0. The quantitative estimate of drug-likeness (QED) is 0.755. The van der Waals surface area contributed by atoms with Crippen LogP contribution in [0.5, 0.6) is 0 Å². The minimum absolute atomic E-state index is 0.124. The predicted molar refractivity (Wildman–Crippen MR) is 61.6 cm³/mol. The molecule has 0 aromatic carbocycles. The van der Waals surface area contributed by atoms with E-state index in [2.05, 4.69) is 20.7 Å². The predicted octanol–water partition coefficient (Wildman–Crippen LogP) is -0.723. The molecule has 0 saturated heterocycles. The number of rotatable bonds is 4. The molecule has 0 amide bonds.